The third-order valence-electron chi connectivity index (χ3n) is 3.04. The predicted octanol–water partition coefficient (Wildman–Crippen LogP) is 3.96. The Morgan fingerprint density at radius 3 is 2.94 bits per heavy atom. The first-order valence-corrected chi connectivity index (χ1v) is 7.26. The van der Waals surface area contributed by atoms with Crippen LogP contribution in [-0.4, -0.2) is 12.6 Å². The largest absolute Gasteiger partial charge is 0.493 e. The van der Waals surface area contributed by atoms with Crippen molar-refractivity contribution >= 4 is 15.9 Å². The van der Waals surface area contributed by atoms with E-state index in [2.05, 4.69) is 46.9 Å². The van der Waals surface area contributed by atoms with Crippen molar-refractivity contribution in [2.75, 3.05) is 6.61 Å². The molecule has 1 aromatic carbocycles. The molecule has 0 amide bonds. The van der Waals surface area contributed by atoms with Crippen molar-refractivity contribution in [3.8, 4) is 5.75 Å². The Morgan fingerprint density at radius 2 is 2.28 bits per heavy atom. The monoisotopic (exact) mass is 309 g/mol. The van der Waals surface area contributed by atoms with Crippen LogP contribution in [0.4, 0.5) is 0 Å². The molecule has 0 bridgehead atoms. The van der Waals surface area contributed by atoms with Crippen molar-refractivity contribution in [2.45, 2.75) is 38.8 Å². The van der Waals surface area contributed by atoms with E-state index < -0.39 is 0 Å². The summed E-state index contributed by atoms with van der Waals surface area (Å²) < 4.78 is 7.00. The topological polar surface area (TPSA) is 21.3 Å². The molecule has 3 heteroatoms. The first-order valence-electron chi connectivity index (χ1n) is 6.47. The molecule has 1 N–H and O–H groups in total. The number of nitrogens with one attached hydrogen (secondary N) is 1. The molecule has 1 aliphatic rings. The lowest BCUT2D eigenvalue weighted by molar-refractivity contribution is 0.318. The van der Waals surface area contributed by atoms with Crippen LogP contribution >= 0.6 is 15.9 Å². The minimum Gasteiger partial charge on any atom is -0.493 e. The van der Waals surface area contributed by atoms with Crippen LogP contribution in [0.25, 0.3) is 0 Å². The molecule has 0 atom stereocenters. The molecule has 1 aromatic rings. The van der Waals surface area contributed by atoms with Crippen molar-refractivity contribution < 1.29 is 4.74 Å². The molecule has 0 aliphatic heterocycles. The van der Waals surface area contributed by atoms with Crippen molar-refractivity contribution in [3.63, 3.8) is 0 Å². The van der Waals surface area contributed by atoms with Gasteiger partial charge in [0, 0.05) is 22.6 Å². The summed E-state index contributed by atoms with van der Waals surface area (Å²) >= 11 is 3.55. The second-order valence-corrected chi connectivity index (χ2v) is 5.71. The Kier molecular flexibility index (Phi) is 4.84. The van der Waals surface area contributed by atoms with E-state index in [0.717, 1.165) is 23.2 Å². The first kappa shape index (κ1) is 13.6. The summed E-state index contributed by atoms with van der Waals surface area (Å²) in [4.78, 5) is 0. The highest BCUT2D eigenvalue weighted by atomic mass is 79.9. The number of hydrogen-bond acceptors (Lipinski definition) is 2. The minimum atomic E-state index is 0.697. The molecule has 18 heavy (non-hydrogen) atoms. The fraction of sp³-hybridized carbons (Fsp3) is 0.467. The molecular weight excluding hydrogens is 290 g/mol. The van der Waals surface area contributed by atoms with Crippen molar-refractivity contribution in [3.05, 3.63) is 40.4 Å². The van der Waals surface area contributed by atoms with Crippen LogP contribution in [0.15, 0.2) is 29.3 Å². The van der Waals surface area contributed by atoms with Crippen LogP contribution in [0.1, 0.15) is 30.4 Å². The van der Waals surface area contributed by atoms with Gasteiger partial charge >= 0.3 is 0 Å². The van der Waals surface area contributed by atoms with Crippen LogP contribution in [-0.2, 0) is 6.54 Å². The Morgan fingerprint density at radius 1 is 1.50 bits per heavy atom. The molecular formula is C15H20BrNO. The Bertz CT molecular complexity index is 427. The molecule has 1 saturated carbocycles. The Labute approximate surface area is 118 Å². The highest BCUT2D eigenvalue weighted by Crippen LogP contribution is 2.29. The van der Waals surface area contributed by atoms with Gasteiger partial charge in [0.2, 0.25) is 0 Å². The standard InChI is InChI=1S/C15H20BrNO/c1-3-4-7-18-15-11(2)8-13(16)9-12(15)10-17-14-5-6-14/h3,8-9,14,17H,1,4-7,10H2,2H3. The van der Waals surface area contributed by atoms with Gasteiger partial charge in [-0.3, -0.25) is 0 Å². The molecule has 0 saturated heterocycles. The summed E-state index contributed by atoms with van der Waals surface area (Å²) in [5.74, 6) is 1.02. The van der Waals surface area contributed by atoms with Gasteiger partial charge in [-0.15, -0.1) is 6.58 Å². The number of benzene rings is 1. The lowest BCUT2D eigenvalue weighted by atomic mass is 10.1. The molecule has 98 valence electrons. The van der Waals surface area contributed by atoms with Gasteiger partial charge in [-0.25, -0.2) is 0 Å². The average Bonchev–Trinajstić information content (AvgIpc) is 3.13. The van der Waals surface area contributed by atoms with Gasteiger partial charge in [0.15, 0.2) is 0 Å². The lowest BCUT2D eigenvalue weighted by Crippen LogP contribution is -2.16. The van der Waals surface area contributed by atoms with E-state index in [1.807, 2.05) is 6.08 Å². The number of ether oxygens (including phenoxy) is 1. The summed E-state index contributed by atoms with van der Waals surface area (Å²) in [5, 5.41) is 3.54. The molecule has 0 unspecified atom stereocenters. The van der Waals surface area contributed by atoms with Crippen LogP contribution in [0.5, 0.6) is 5.75 Å². The summed E-state index contributed by atoms with van der Waals surface area (Å²) in [7, 11) is 0. The lowest BCUT2D eigenvalue weighted by Gasteiger charge is -2.15. The highest BCUT2D eigenvalue weighted by Gasteiger charge is 2.21. The van der Waals surface area contributed by atoms with Crippen molar-refractivity contribution in [1.82, 2.24) is 5.32 Å². The zero-order valence-corrected chi connectivity index (χ0v) is 12.4. The Hall–Kier alpha value is -0.800. The summed E-state index contributed by atoms with van der Waals surface area (Å²) in [6.45, 7) is 7.39. The fourth-order valence-corrected chi connectivity index (χ4v) is 2.54. The maximum Gasteiger partial charge on any atom is 0.126 e. The zero-order valence-electron chi connectivity index (χ0n) is 10.8. The fourth-order valence-electron chi connectivity index (χ4n) is 1.92. The van der Waals surface area contributed by atoms with E-state index in [1.165, 1.54) is 24.0 Å². The molecule has 1 aliphatic carbocycles. The van der Waals surface area contributed by atoms with Gasteiger partial charge in [-0.2, -0.15) is 0 Å². The maximum absolute atomic E-state index is 5.88. The van der Waals surface area contributed by atoms with E-state index in [-0.39, 0.29) is 0 Å². The molecule has 2 nitrogen and oxygen atoms in total. The van der Waals surface area contributed by atoms with Crippen LogP contribution in [0.2, 0.25) is 0 Å². The third kappa shape index (κ3) is 3.85. The van der Waals surface area contributed by atoms with E-state index in [0.29, 0.717) is 12.6 Å². The van der Waals surface area contributed by atoms with Gasteiger partial charge < -0.3 is 10.1 Å². The molecule has 0 radical (unpaired) electrons. The molecule has 1 fully saturated rings. The smallest absolute Gasteiger partial charge is 0.126 e. The first-order chi connectivity index (χ1) is 8.70. The van der Waals surface area contributed by atoms with Crippen molar-refractivity contribution in [2.24, 2.45) is 0 Å². The Balaban J connectivity index is 2.08. The molecule has 0 heterocycles. The number of halogens is 1. The van der Waals surface area contributed by atoms with Crippen LogP contribution in [0.3, 0.4) is 0 Å². The SMILES string of the molecule is C=CCCOc1c(C)cc(Br)cc1CNC1CC1. The van der Waals surface area contributed by atoms with Crippen molar-refractivity contribution in [1.29, 1.82) is 0 Å². The number of rotatable bonds is 7. The minimum absolute atomic E-state index is 0.697. The molecule has 2 rings (SSSR count). The quantitative estimate of drug-likeness (QED) is 0.608. The maximum atomic E-state index is 5.88. The van der Waals surface area contributed by atoms with Gasteiger partial charge in [0.05, 0.1) is 6.61 Å². The second-order valence-electron chi connectivity index (χ2n) is 4.79. The second kappa shape index (κ2) is 6.39. The van der Waals surface area contributed by atoms with E-state index in [9.17, 15) is 0 Å². The van der Waals surface area contributed by atoms with Gasteiger partial charge in [0.25, 0.3) is 0 Å². The van der Waals surface area contributed by atoms with Crippen LogP contribution < -0.4 is 10.1 Å². The molecule has 0 spiro atoms. The summed E-state index contributed by atoms with van der Waals surface area (Å²) in [5.41, 5.74) is 2.42. The van der Waals surface area contributed by atoms with E-state index >= 15 is 0 Å². The van der Waals surface area contributed by atoms with Gasteiger partial charge in [0.1, 0.15) is 5.75 Å². The average molecular weight is 310 g/mol. The highest BCUT2D eigenvalue weighted by molar-refractivity contribution is 9.10. The summed E-state index contributed by atoms with van der Waals surface area (Å²) in [6, 6.07) is 4.96. The van der Waals surface area contributed by atoms with E-state index in [4.69, 9.17) is 4.74 Å². The number of aryl methyl sites for hydroxylation is 1. The normalized spacial score (nSPS) is 14.6. The summed E-state index contributed by atoms with van der Waals surface area (Å²) in [6.07, 6.45) is 5.38. The van der Waals surface area contributed by atoms with Crippen LogP contribution in [0, 0.1) is 6.92 Å². The van der Waals surface area contributed by atoms with Gasteiger partial charge in [-0.1, -0.05) is 22.0 Å². The van der Waals surface area contributed by atoms with E-state index in [1.54, 1.807) is 0 Å². The predicted molar refractivity (Wildman–Crippen MR) is 79.0 cm³/mol. The number of hydrogen-bond donors (Lipinski definition) is 1. The molecule has 0 aromatic heterocycles. The van der Waals surface area contributed by atoms with Gasteiger partial charge in [-0.05, 0) is 43.9 Å². The zero-order chi connectivity index (χ0) is 13.0. The third-order valence-corrected chi connectivity index (χ3v) is 3.50.